The van der Waals surface area contributed by atoms with E-state index in [0.717, 1.165) is 38.3 Å². The van der Waals surface area contributed by atoms with Crippen molar-refractivity contribution >= 4 is 5.97 Å². The van der Waals surface area contributed by atoms with Gasteiger partial charge in [-0.2, -0.15) is 0 Å². The fourth-order valence-corrected chi connectivity index (χ4v) is 2.47. The van der Waals surface area contributed by atoms with Crippen molar-refractivity contribution in [3.8, 4) is 0 Å². The molecule has 0 aromatic rings. The van der Waals surface area contributed by atoms with Crippen molar-refractivity contribution in [2.24, 2.45) is 11.8 Å². The minimum absolute atomic E-state index is 0.123. The van der Waals surface area contributed by atoms with Crippen LogP contribution in [-0.2, 0) is 14.3 Å². The first-order valence-corrected chi connectivity index (χ1v) is 7.73. The molecule has 2 saturated carbocycles. The molecule has 110 valence electrons. The van der Waals surface area contributed by atoms with Crippen LogP contribution in [0.25, 0.3) is 0 Å². The maximum Gasteiger partial charge on any atom is 0.329 e. The summed E-state index contributed by atoms with van der Waals surface area (Å²) in [5.74, 6) is 0.990. The molecule has 0 bridgehead atoms. The van der Waals surface area contributed by atoms with Crippen LogP contribution in [-0.4, -0.2) is 37.9 Å². The summed E-state index contributed by atoms with van der Waals surface area (Å²) < 4.78 is 11.1. The van der Waals surface area contributed by atoms with E-state index in [1.54, 1.807) is 0 Å². The third-order valence-electron chi connectivity index (χ3n) is 3.98. The summed E-state index contributed by atoms with van der Waals surface area (Å²) in [5.41, 5.74) is -0.596. The topological polar surface area (TPSA) is 47.6 Å². The number of carbonyl (C=O) groups is 1. The monoisotopic (exact) mass is 269 g/mol. The molecular formula is C15H27NO3. The van der Waals surface area contributed by atoms with Gasteiger partial charge in [-0.25, -0.2) is 4.79 Å². The molecule has 2 fully saturated rings. The maximum absolute atomic E-state index is 12.4. The van der Waals surface area contributed by atoms with Crippen molar-refractivity contribution in [2.45, 2.75) is 51.5 Å². The van der Waals surface area contributed by atoms with Crippen LogP contribution in [0.3, 0.4) is 0 Å². The largest absolute Gasteiger partial charge is 0.465 e. The van der Waals surface area contributed by atoms with Gasteiger partial charge in [0.25, 0.3) is 0 Å². The average molecular weight is 269 g/mol. The fraction of sp³-hybridized carbons (Fsp3) is 0.933. The van der Waals surface area contributed by atoms with E-state index in [2.05, 4.69) is 12.2 Å². The predicted octanol–water partition coefficient (Wildman–Crippen LogP) is 2.12. The molecule has 4 heteroatoms. The summed E-state index contributed by atoms with van der Waals surface area (Å²) in [4.78, 5) is 12.4. The zero-order valence-electron chi connectivity index (χ0n) is 12.2. The number of ether oxygens (including phenoxy) is 2. The SMILES string of the molecule is CCCNC(COCC1CC1)(C(=O)OCC)C1CC1. The Bertz CT molecular complexity index is 300. The van der Waals surface area contributed by atoms with Crippen molar-refractivity contribution < 1.29 is 14.3 Å². The second kappa shape index (κ2) is 6.71. The Morgan fingerprint density at radius 3 is 2.53 bits per heavy atom. The highest BCUT2D eigenvalue weighted by Gasteiger charge is 2.52. The van der Waals surface area contributed by atoms with Crippen molar-refractivity contribution in [2.75, 3.05) is 26.4 Å². The highest BCUT2D eigenvalue weighted by molar-refractivity contribution is 5.82. The van der Waals surface area contributed by atoms with E-state index in [-0.39, 0.29) is 5.97 Å². The van der Waals surface area contributed by atoms with Crippen LogP contribution < -0.4 is 5.32 Å². The van der Waals surface area contributed by atoms with Crippen LogP contribution in [0.4, 0.5) is 0 Å². The first-order chi connectivity index (χ1) is 9.23. The van der Waals surface area contributed by atoms with Crippen LogP contribution in [0.1, 0.15) is 46.0 Å². The van der Waals surface area contributed by atoms with Gasteiger partial charge in [-0.15, -0.1) is 0 Å². The average Bonchev–Trinajstić information content (AvgIpc) is 3.27. The smallest absolute Gasteiger partial charge is 0.329 e. The van der Waals surface area contributed by atoms with Gasteiger partial charge in [0.1, 0.15) is 5.54 Å². The van der Waals surface area contributed by atoms with Crippen molar-refractivity contribution in [1.82, 2.24) is 5.32 Å². The predicted molar refractivity (Wildman–Crippen MR) is 73.9 cm³/mol. The molecule has 1 atom stereocenters. The molecule has 0 aliphatic heterocycles. The first kappa shape index (κ1) is 14.8. The van der Waals surface area contributed by atoms with Gasteiger partial charge in [0, 0.05) is 6.61 Å². The van der Waals surface area contributed by atoms with Crippen LogP contribution in [0.2, 0.25) is 0 Å². The summed E-state index contributed by atoms with van der Waals surface area (Å²) in [5, 5.41) is 3.42. The van der Waals surface area contributed by atoms with Gasteiger partial charge in [-0.1, -0.05) is 6.92 Å². The molecule has 1 unspecified atom stereocenters. The van der Waals surface area contributed by atoms with E-state index in [9.17, 15) is 4.79 Å². The highest BCUT2D eigenvalue weighted by Crippen LogP contribution is 2.41. The van der Waals surface area contributed by atoms with Gasteiger partial charge in [0.05, 0.1) is 13.2 Å². The van der Waals surface area contributed by atoms with Gasteiger partial charge in [-0.3, -0.25) is 5.32 Å². The number of rotatable bonds is 10. The third kappa shape index (κ3) is 3.93. The molecule has 0 amide bonds. The van der Waals surface area contributed by atoms with E-state index < -0.39 is 5.54 Å². The van der Waals surface area contributed by atoms with E-state index in [1.807, 2.05) is 6.92 Å². The van der Waals surface area contributed by atoms with Crippen LogP contribution in [0.15, 0.2) is 0 Å². The second-order valence-electron chi connectivity index (χ2n) is 5.85. The lowest BCUT2D eigenvalue weighted by molar-refractivity contribution is -0.155. The van der Waals surface area contributed by atoms with Crippen molar-refractivity contribution in [3.05, 3.63) is 0 Å². The minimum Gasteiger partial charge on any atom is -0.465 e. The summed E-state index contributed by atoms with van der Waals surface area (Å²) in [6.45, 7) is 6.50. The van der Waals surface area contributed by atoms with Crippen LogP contribution in [0.5, 0.6) is 0 Å². The van der Waals surface area contributed by atoms with Gasteiger partial charge >= 0.3 is 5.97 Å². The number of nitrogens with one attached hydrogen (secondary N) is 1. The summed E-state index contributed by atoms with van der Waals surface area (Å²) >= 11 is 0. The first-order valence-electron chi connectivity index (χ1n) is 7.73. The zero-order valence-corrected chi connectivity index (χ0v) is 12.2. The van der Waals surface area contributed by atoms with Gasteiger partial charge < -0.3 is 9.47 Å². The highest BCUT2D eigenvalue weighted by atomic mass is 16.5. The van der Waals surface area contributed by atoms with E-state index >= 15 is 0 Å². The molecule has 0 saturated heterocycles. The quantitative estimate of drug-likeness (QED) is 0.617. The Balaban J connectivity index is 1.95. The Kier molecular flexibility index (Phi) is 5.22. The van der Waals surface area contributed by atoms with Crippen molar-refractivity contribution in [1.29, 1.82) is 0 Å². The molecule has 2 aliphatic carbocycles. The molecule has 2 aliphatic rings. The molecule has 0 radical (unpaired) electrons. The van der Waals surface area contributed by atoms with Gasteiger partial charge in [-0.05, 0) is 57.4 Å². The second-order valence-corrected chi connectivity index (χ2v) is 5.85. The molecular weight excluding hydrogens is 242 g/mol. The Hall–Kier alpha value is -0.610. The number of hydrogen-bond acceptors (Lipinski definition) is 4. The Morgan fingerprint density at radius 2 is 2.00 bits per heavy atom. The summed E-state index contributed by atoms with van der Waals surface area (Å²) in [6, 6.07) is 0. The lowest BCUT2D eigenvalue weighted by Crippen LogP contribution is -2.58. The van der Waals surface area contributed by atoms with Crippen molar-refractivity contribution in [3.63, 3.8) is 0 Å². The molecule has 1 N–H and O–H groups in total. The fourth-order valence-electron chi connectivity index (χ4n) is 2.47. The number of hydrogen-bond donors (Lipinski definition) is 1. The van der Waals surface area contributed by atoms with E-state index in [0.29, 0.717) is 19.1 Å². The lowest BCUT2D eigenvalue weighted by atomic mass is 9.93. The molecule has 0 heterocycles. The van der Waals surface area contributed by atoms with E-state index in [1.165, 1.54) is 12.8 Å². The molecule has 2 rings (SSSR count). The van der Waals surface area contributed by atoms with Crippen LogP contribution in [0, 0.1) is 11.8 Å². The minimum atomic E-state index is -0.596. The number of carbonyl (C=O) groups excluding carboxylic acids is 1. The van der Waals surface area contributed by atoms with Gasteiger partial charge in [0.2, 0.25) is 0 Å². The Labute approximate surface area is 116 Å². The summed E-state index contributed by atoms with van der Waals surface area (Å²) in [7, 11) is 0. The molecule has 0 aromatic heterocycles. The maximum atomic E-state index is 12.4. The normalized spacial score (nSPS) is 22.0. The molecule has 0 aromatic carbocycles. The summed E-state index contributed by atoms with van der Waals surface area (Å²) in [6.07, 6.45) is 5.76. The number of esters is 1. The zero-order chi connectivity index (χ0) is 13.7. The molecule has 19 heavy (non-hydrogen) atoms. The molecule has 0 spiro atoms. The van der Waals surface area contributed by atoms with Crippen LogP contribution >= 0.6 is 0 Å². The lowest BCUT2D eigenvalue weighted by Gasteiger charge is -2.32. The molecule has 4 nitrogen and oxygen atoms in total. The van der Waals surface area contributed by atoms with E-state index in [4.69, 9.17) is 9.47 Å². The Morgan fingerprint density at radius 1 is 1.26 bits per heavy atom. The van der Waals surface area contributed by atoms with Gasteiger partial charge in [0.15, 0.2) is 0 Å². The third-order valence-corrected chi connectivity index (χ3v) is 3.98. The standard InChI is InChI=1S/C15H27NO3/c1-3-9-16-15(13-7-8-13,14(17)19-4-2)11-18-10-12-5-6-12/h12-13,16H,3-11H2,1-2H3.